The van der Waals surface area contributed by atoms with Crippen molar-refractivity contribution < 1.29 is 4.39 Å². The van der Waals surface area contributed by atoms with E-state index in [4.69, 9.17) is 0 Å². The molecule has 0 aliphatic heterocycles. The third-order valence-corrected chi connectivity index (χ3v) is 2.52. The molecule has 0 spiro atoms. The summed E-state index contributed by atoms with van der Waals surface area (Å²) in [6.45, 7) is 8.00. The van der Waals surface area contributed by atoms with Crippen LogP contribution in [0.5, 0.6) is 0 Å². The van der Waals surface area contributed by atoms with Crippen LogP contribution >= 0.6 is 0 Å². The van der Waals surface area contributed by atoms with Crippen molar-refractivity contribution >= 4 is 5.57 Å². The van der Waals surface area contributed by atoms with Crippen molar-refractivity contribution in [1.82, 2.24) is 5.32 Å². The molecule has 0 unspecified atom stereocenters. The number of allylic oxidation sites excluding steroid dienone is 1. The SMILES string of the molecule is CCNCCC=C(C)c1cc(C)cc(F)c1. The zero-order valence-electron chi connectivity index (χ0n) is 10.3. The van der Waals surface area contributed by atoms with Crippen LogP contribution < -0.4 is 5.32 Å². The molecule has 0 aliphatic carbocycles. The van der Waals surface area contributed by atoms with E-state index in [1.54, 1.807) is 12.1 Å². The molecule has 1 N–H and O–H groups in total. The lowest BCUT2D eigenvalue weighted by atomic mass is 10.0. The zero-order chi connectivity index (χ0) is 12.0. The Morgan fingerprint density at radius 3 is 2.75 bits per heavy atom. The molecule has 0 fully saturated rings. The fourth-order valence-electron chi connectivity index (χ4n) is 1.65. The van der Waals surface area contributed by atoms with Gasteiger partial charge in [-0.1, -0.05) is 19.1 Å². The normalized spacial score (nSPS) is 11.9. The minimum Gasteiger partial charge on any atom is -0.317 e. The average Bonchev–Trinajstić information content (AvgIpc) is 2.22. The van der Waals surface area contributed by atoms with Gasteiger partial charge in [-0.3, -0.25) is 0 Å². The highest BCUT2D eigenvalue weighted by Crippen LogP contribution is 2.17. The molecular weight excluding hydrogens is 201 g/mol. The van der Waals surface area contributed by atoms with Crippen LogP contribution in [0.4, 0.5) is 4.39 Å². The first-order valence-corrected chi connectivity index (χ1v) is 5.78. The Labute approximate surface area is 97.4 Å². The average molecular weight is 221 g/mol. The molecular formula is C14H20FN. The number of benzene rings is 1. The molecule has 88 valence electrons. The van der Waals surface area contributed by atoms with Gasteiger partial charge in [0.2, 0.25) is 0 Å². The van der Waals surface area contributed by atoms with Gasteiger partial charge in [-0.2, -0.15) is 0 Å². The summed E-state index contributed by atoms with van der Waals surface area (Å²) < 4.78 is 13.2. The van der Waals surface area contributed by atoms with Crippen molar-refractivity contribution in [2.75, 3.05) is 13.1 Å². The molecule has 0 saturated carbocycles. The number of aryl methyl sites for hydroxylation is 1. The largest absolute Gasteiger partial charge is 0.317 e. The van der Waals surface area contributed by atoms with Gasteiger partial charge in [0, 0.05) is 0 Å². The number of hydrogen-bond donors (Lipinski definition) is 1. The van der Waals surface area contributed by atoms with E-state index in [1.807, 2.05) is 19.9 Å². The molecule has 0 atom stereocenters. The molecule has 1 rings (SSSR count). The number of nitrogens with one attached hydrogen (secondary N) is 1. The molecule has 16 heavy (non-hydrogen) atoms. The van der Waals surface area contributed by atoms with Crippen LogP contribution in [0.25, 0.3) is 5.57 Å². The summed E-state index contributed by atoms with van der Waals surface area (Å²) in [6, 6.07) is 5.16. The van der Waals surface area contributed by atoms with Gasteiger partial charge in [-0.05, 0) is 62.2 Å². The van der Waals surface area contributed by atoms with Crippen molar-refractivity contribution in [1.29, 1.82) is 0 Å². The van der Waals surface area contributed by atoms with Crippen LogP contribution in [-0.4, -0.2) is 13.1 Å². The lowest BCUT2D eigenvalue weighted by Crippen LogP contribution is -2.13. The van der Waals surface area contributed by atoms with Crippen LogP contribution in [0.15, 0.2) is 24.3 Å². The van der Waals surface area contributed by atoms with Gasteiger partial charge >= 0.3 is 0 Å². The summed E-state index contributed by atoms with van der Waals surface area (Å²) >= 11 is 0. The predicted octanol–water partition coefficient (Wildman–Crippen LogP) is 3.54. The van der Waals surface area contributed by atoms with E-state index in [0.29, 0.717) is 0 Å². The van der Waals surface area contributed by atoms with Crippen LogP contribution in [-0.2, 0) is 0 Å². The lowest BCUT2D eigenvalue weighted by Gasteiger charge is -2.04. The van der Waals surface area contributed by atoms with E-state index in [0.717, 1.165) is 36.2 Å². The Hall–Kier alpha value is -1.15. The monoisotopic (exact) mass is 221 g/mol. The molecule has 1 nitrogen and oxygen atoms in total. The summed E-state index contributed by atoms with van der Waals surface area (Å²) in [5.41, 5.74) is 3.09. The predicted molar refractivity (Wildman–Crippen MR) is 67.9 cm³/mol. The smallest absolute Gasteiger partial charge is 0.124 e. The second kappa shape index (κ2) is 6.44. The fraction of sp³-hybridized carbons (Fsp3) is 0.429. The molecule has 0 radical (unpaired) electrons. The molecule has 1 aromatic rings. The molecule has 0 amide bonds. The quantitative estimate of drug-likeness (QED) is 0.750. The summed E-state index contributed by atoms with van der Waals surface area (Å²) in [5, 5.41) is 3.26. The minimum atomic E-state index is -0.158. The molecule has 2 heteroatoms. The summed E-state index contributed by atoms with van der Waals surface area (Å²) in [6.07, 6.45) is 3.13. The third-order valence-electron chi connectivity index (χ3n) is 2.52. The van der Waals surface area contributed by atoms with Crippen molar-refractivity contribution in [2.45, 2.75) is 27.2 Å². The van der Waals surface area contributed by atoms with Crippen molar-refractivity contribution in [3.8, 4) is 0 Å². The lowest BCUT2D eigenvalue weighted by molar-refractivity contribution is 0.626. The van der Waals surface area contributed by atoms with Crippen LogP contribution in [0.1, 0.15) is 31.4 Å². The van der Waals surface area contributed by atoms with E-state index >= 15 is 0 Å². The van der Waals surface area contributed by atoms with Crippen molar-refractivity contribution in [3.05, 3.63) is 41.2 Å². The highest BCUT2D eigenvalue weighted by atomic mass is 19.1. The van der Waals surface area contributed by atoms with Gasteiger partial charge in [0.15, 0.2) is 0 Å². The molecule has 0 aromatic heterocycles. The Morgan fingerprint density at radius 2 is 2.12 bits per heavy atom. The Morgan fingerprint density at radius 1 is 1.38 bits per heavy atom. The highest BCUT2D eigenvalue weighted by molar-refractivity contribution is 5.64. The molecule has 1 aromatic carbocycles. The minimum absolute atomic E-state index is 0.158. The maximum absolute atomic E-state index is 13.2. The number of rotatable bonds is 5. The van der Waals surface area contributed by atoms with E-state index < -0.39 is 0 Å². The standard InChI is InChI=1S/C14H20FN/c1-4-16-7-5-6-12(3)13-8-11(2)9-14(15)10-13/h6,8-10,16H,4-5,7H2,1-3H3. The Kier molecular flexibility index (Phi) is 5.20. The Balaban J connectivity index is 2.67. The first-order chi connectivity index (χ1) is 7.63. The molecule has 0 heterocycles. The van der Waals surface area contributed by atoms with E-state index in [9.17, 15) is 4.39 Å². The topological polar surface area (TPSA) is 12.0 Å². The van der Waals surface area contributed by atoms with Crippen molar-refractivity contribution in [2.24, 2.45) is 0 Å². The Bertz CT molecular complexity index is 349. The summed E-state index contributed by atoms with van der Waals surface area (Å²) in [7, 11) is 0. The van der Waals surface area contributed by atoms with Crippen LogP contribution in [0, 0.1) is 12.7 Å². The first kappa shape index (κ1) is 12.9. The second-order valence-electron chi connectivity index (χ2n) is 4.05. The molecule has 0 saturated heterocycles. The molecule has 0 aliphatic rings. The van der Waals surface area contributed by atoms with E-state index in [-0.39, 0.29) is 5.82 Å². The van der Waals surface area contributed by atoms with E-state index in [2.05, 4.69) is 18.3 Å². The highest BCUT2D eigenvalue weighted by Gasteiger charge is 1.99. The van der Waals surface area contributed by atoms with Gasteiger partial charge in [0.1, 0.15) is 5.82 Å². The number of hydrogen-bond acceptors (Lipinski definition) is 1. The fourth-order valence-corrected chi connectivity index (χ4v) is 1.65. The second-order valence-corrected chi connectivity index (χ2v) is 4.05. The summed E-state index contributed by atoms with van der Waals surface area (Å²) in [4.78, 5) is 0. The maximum Gasteiger partial charge on any atom is 0.124 e. The van der Waals surface area contributed by atoms with E-state index in [1.165, 1.54) is 0 Å². The van der Waals surface area contributed by atoms with Crippen LogP contribution in [0.2, 0.25) is 0 Å². The number of halogens is 1. The van der Waals surface area contributed by atoms with Gasteiger partial charge in [-0.25, -0.2) is 4.39 Å². The zero-order valence-corrected chi connectivity index (χ0v) is 10.3. The van der Waals surface area contributed by atoms with Gasteiger partial charge in [-0.15, -0.1) is 0 Å². The summed E-state index contributed by atoms with van der Waals surface area (Å²) in [5.74, 6) is -0.158. The molecule has 0 bridgehead atoms. The first-order valence-electron chi connectivity index (χ1n) is 5.78. The van der Waals surface area contributed by atoms with Crippen LogP contribution in [0.3, 0.4) is 0 Å². The van der Waals surface area contributed by atoms with Gasteiger partial charge in [0.05, 0.1) is 0 Å². The van der Waals surface area contributed by atoms with Gasteiger partial charge in [0.25, 0.3) is 0 Å². The van der Waals surface area contributed by atoms with Gasteiger partial charge < -0.3 is 5.32 Å². The maximum atomic E-state index is 13.2. The third kappa shape index (κ3) is 4.15. The van der Waals surface area contributed by atoms with Crippen molar-refractivity contribution in [3.63, 3.8) is 0 Å².